The number of carbonyl (C=O) groups is 1. The summed E-state index contributed by atoms with van der Waals surface area (Å²) < 4.78 is 41.0. The van der Waals surface area contributed by atoms with E-state index in [4.69, 9.17) is 0 Å². The van der Waals surface area contributed by atoms with Crippen LogP contribution in [0.5, 0.6) is 5.75 Å². The molecule has 0 atom stereocenters. The van der Waals surface area contributed by atoms with Crippen molar-refractivity contribution in [3.8, 4) is 5.75 Å². The largest absolute Gasteiger partial charge is 0.573 e. The summed E-state index contributed by atoms with van der Waals surface area (Å²) in [7, 11) is 0. The number of anilines is 3. The third-order valence-electron chi connectivity index (χ3n) is 4.95. The van der Waals surface area contributed by atoms with E-state index in [1.807, 2.05) is 6.07 Å². The normalized spacial score (nSPS) is 14.2. The Labute approximate surface area is 188 Å². The Morgan fingerprint density at radius 3 is 2.58 bits per heavy atom. The van der Waals surface area contributed by atoms with Gasteiger partial charge in [-0.15, -0.1) is 13.2 Å². The van der Waals surface area contributed by atoms with Gasteiger partial charge < -0.3 is 15.0 Å². The zero-order valence-electron chi connectivity index (χ0n) is 17.4. The number of nitrogens with zero attached hydrogens (tertiary/aromatic N) is 4. The Hall–Kier alpha value is -3.86. The number of amides is 2. The van der Waals surface area contributed by atoms with Crippen LogP contribution >= 0.6 is 0 Å². The van der Waals surface area contributed by atoms with Crippen LogP contribution in [0.2, 0.25) is 0 Å². The predicted octanol–water partition coefficient (Wildman–Crippen LogP) is 4.30. The number of alkyl halides is 3. The third kappa shape index (κ3) is 6.32. The lowest BCUT2D eigenvalue weighted by molar-refractivity contribution is -0.274. The Morgan fingerprint density at radius 1 is 1.03 bits per heavy atom. The van der Waals surface area contributed by atoms with Gasteiger partial charge in [-0.05, 0) is 48.0 Å². The van der Waals surface area contributed by atoms with Crippen molar-refractivity contribution in [1.29, 1.82) is 0 Å². The van der Waals surface area contributed by atoms with Gasteiger partial charge in [-0.2, -0.15) is 0 Å². The number of rotatable bonds is 6. The molecular formula is C22H21F3N6O2. The number of hydrogen-bond acceptors (Lipinski definition) is 6. The Morgan fingerprint density at radius 2 is 1.85 bits per heavy atom. The van der Waals surface area contributed by atoms with E-state index in [9.17, 15) is 18.0 Å². The molecule has 2 amide bonds. The molecule has 4 rings (SSSR count). The Balaban J connectivity index is 1.35. The minimum Gasteiger partial charge on any atom is -0.406 e. The summed E-state index contributed by atoms with van der Waals surface area (Å²) in [6, 6.07) is 12.4. The van der Waals surface area contributed by atoms with Crippen molar-refractivity contribution >= 4 is 23.2 Å². The van der Waals surface area contributed by atoms with E-state index in [2.05, 4.69) is 35.1 Å². The molecule has 3 aromatic rings. The summed E-state index contributed by atoms with van der Waals surface area (Å²) in [4.78, 5) is 24.7. The van der Waals surface area contributed by atoms with E-state index in [0.29, 0.717) is 31.3 Å². The molecule has 1 aliphatic rings. The van der Waals surface area contributed by atoms with Gasteiger partial charge in [0, 0.05) is 37.7 Å². The lowest BCUT2D eigenvalue weighted by atomic mass is 10.2. The van der Waals surface area contributed by atoms with Gasteiger partial charge in [0.15, 0.2) is 0 Å². The van der Waals surface area contributed by atoms with Crippen molar-refractivity contribution in [2.75, 3.05) is 35.3 Å². The van der Waals surface area contributed by atoms with Crippen LogP contribution < -0.4 is 20.3 Å². The second-order valence-corrected chi connectivity index (χ2v) is 7.33. The standard InChI is InChI=1S/C22H21F3N6O2/c23-22(24,25)33-18-6-4-17(5-7-18)31-12-11-30(15-31)14-16-8-10-26-13-19(16)28-21(32)29-20-3-1-2-9-27-20/h1-10,13H,11-12,14-15H2,(H2,27,28,29,32). The monoisotopic (exact) mass is 458 g/mol. The maximum absolute atomic E-state index is 12.3. The highest BCUT2D eigenvalue weighted by Crippen LogP contribution is 2.27. The van der Waals surface area contributed by atoms with Crippen molar-refractivity contribution < 1.29 is 22.7 Å². The van der Waals surface area contributed by atoms with Gasteiger partial charge in [0.25, 0.3) is 0 Å². The van der Waals surface area contributed by atoms with E-state index in [0.717, 1.165) is 17.8 Å². The molecule has 1 aromatic carbocycles. The van der Waals surface area contributed by atoms with E-state index >= 15 is 0 Å². The van der Waals surface area contributed by atoms with Crippen LogP contribution in [-0.4, -0.2) is 47.0 Å². The molecule has 0 aliphatic carbocycles. The SMILES string of the molecule is O=C(Nc1ccccn1)Nc1cnccc1CN1CCN(c2ccc(OC(F)(F)F)cc2)C1. The molecule has 0 radical (unpaired) electrons. The Kier molecular flexibility index (Phi) is 6.59. The maximum atomic E-state index is 12.3. The molecule has 33 heavy (non-hydrogen) atoms. The highest BCUT2D eigenvalue weighted by Gasteiger charge is 2.31. The molecule has 1 fully saturated rings. The first-order valence-electron chi connectivity index (χ1n) is 10.1. The molecule has 2 N–H and O–H groups in total. The second kappa shape index (κ2) is 9.74. The van der Waals surface area contributed by atoms with Crippen molar-refractivity contribution in [3.05, 3.63) is 72.7 Å². The van der Waals surface area contributed by atoms with Gasteiger partial charge in [0.1, 0.15) is 11.6 Å². The number of urea groups is 1. The molecule has 0 bridgehead atoms. The predicted molar refractivity (Wildman–Crippen MR) is 117 cm³/mol. The summed E-state index contributed by atoms with van der Waals surface area (Å²) in [6.45, 7) is 2.62. The molecule has 1 aliphatic heterocycles. The van der Waals surface area contributed by atoms with Gasteiger partial charge >= 0.3 is 12.4 Å². The molecule has 11 heteroatoms. The quantitative estimate of drug-likeness (QED) is 0.573. The lowest BCUT2D eigenvalue weighted by Gasteiger charge is -2.21. The topological polar surface area (TPSA) is 82.6 Å². The van der Waals surface area contributed by atoms with Crippen LogP contribution in [0.4, 0.5) is 35.2 Å². The average molecular weight is 458 g/mol. The maximum Gasteiger partial charge on any atom is 0.573 e. The van der Waals surface area contributed by atoms with Crippen LogP contribution in [0.15, 0.2) is 67.1 Å². The number of ether oxygens (including phenoxy) is 1. The molecule has 1 saturated heterocycles. The summed E-state index contributed by atoms with van der Waals surface area (Å²) in [5.41, 5.74) is 2.27. The fraction of sp³-hybridized carbons (Fsp3) is 0.227. The van der Waals surface area contributed by atoms with Crippen molar-refractivity contribution in [2.24, 2.45) is 0 Å². The van der Waals surface area contributed by atoms with E-state index < -0.39 is 12.4 Å². The summed E-state index contributed by atoms with van der Waals surface area (Å²) in [5, 5.41) is 5.47. The first-order chi connectivity index (χ1) is 15.9. The van der Waals surface area contributed by atoms with Gasteiger partial charge in [-0.25, -0.2) is 9.78 Å². The average Bonchev–Trinajstić information content (AvgIpc) is 3.24. The number of nitrogens with one attached hydrogen (secondary N) is 2. The molecular weight excluding hydrogens is 437 g/mol. The zero-order valence-corrected chi connectivity index (χ0v) is 17.4. The molecule has 0 spiro atoms. The number of pyridine rings is 2. The fourth-order valence-corrected chi connectivity index (χ4v) is 3.46. The second-order valence-electron chi connectivity index (χ2n) is 7.33. The molecule has 172 valence electrons. The lowest BCUT2D eigenvalue weighted by Crippen LogP contribution is -2.26. The first-order valence-corrected chi connectivity index (χ1v) is 10.1. The number of carbonyl (C=O) groups excluding carboxylic acids is 1. The number of benzene rings is 1. The van der Waals surface area contributed by atoms with E-state index in [1.54, 1.807) is 48.9 Å². The summed E-state index contributed by atoms with van der Waals surface area (Å²) in [5.74, 6) is 0.182. The third-order valence-corrected chi connectivity index (χ3v) is 4.95. The van der Waals surface area contributed by atoms with Crippen LogP contribution in [0, 0.1) is 0 Å². The fourth-order valence-electron chi connectivity index (χ4n) is 3.46. The van der Waals surface area contributed by atoms with Gasteiger partial charge in [-0.3, -0.25) is 15.2 Å². The highest BCUT2D eigenvalue weighted by atomic mass is 19.4. The zero-order chi connectivity index (χ0) is 23.3. The van der Waals surface area contributed by atoms with Crippen molar-refractivity contribution in [2.45, 2.75) is 12.9 Å². The highest BCUT2D eigenvalue weighted by molar-refractivity contribution is 5.99. The first kappa shape index (κ1) is 22.3. The molecule has 8 nitrogen and oxygen atoms in total. The van der Waals surface area contributed by atoms with E-state index in [1.165, 1.54) is 12.1 Å². The Bertz CT molecular complexity index is 1080. The van der Waals surface area contributed by atoms with Crippen molar-refractivity contribution in [1.82, 2.24) is 14.9 Å². The van der Waals surface area contributed by atoms with Crippen molar-refractivity contribution in [3.63, 3.8) is 0 Å². The summed E-state index contributed by atoms with van der Waals surface area (Å²) in [6.07, 6.45) is 0.114. The van der Waals surface area contributed by atoms with Crippen LogP contribution in [0.3, 0.4) is 0 Å². The molecule has 3 heterocycles. The number of aromatic nitrogens is 2. The molecule has 0 unspecified atom stereocenters. The van der Waals surface area contributed by atoms with Gasteiger partial charge in [0.2, 0.25) is 0 Å². The minimum atomic E-state index is -4.71. The molecule has 0 saturated carbocycles. The van der Waals surface area contributed by atoms with Gasteiger partial charge in [0.05, 0.1) is 18.6 Å². The summed E-state index contributed by atoms with van der Waals surface area (Å²) >= 11 is 0. The van der Waals surface area contributed by atoms with Gasteiger partial charge in [-0.1, -0.05) is 6.07 Å². The number of halogens is 3. The molecule has 2 aromatic heterocycles. The number of hydrogen-bond donors (Lipinski definition) is 2. The van der Waals surface area contributed by atoms with Crippen LogP contribution in [0.25, 0.3) is 0 Å². The van der Waals surface area contributed by atoms with E-state index in [-0.39, 0.29) is 5.75 Å². The minimum absolute atomic E-state index is 0.251. The van der Waals surface area contributed by atoms with Crippen LogP contribution in [-0.2, 0) is 6.54 Å². The van der Waals surface area contributed by atoms with Crippen LogP contribution in [0.1, 0.15) is 5.56 Å². The smallest absolute Gasteiger partial charge is 0.406 e.